The summed E-state index contributed by atoms with van der Waals surface area (Å²) in [6.07, 6.45) is -0.231. The Bertz CT molecular complexity index is 1550. The molecule has 1 heterocycles. The van der Waals surface area contributed by atoms with Gasteiger partial charge in [0.1, 0.15) is 30.0 Å². The molecule has 1 atom stereocenters. The Morgan fingerprint density at radius 2 is 1.66 bits per heavy atom. The monoisotopic (exact) mass is 609 g/mol. The van der Waals surface area contributed by atoms with Crippen LogP contribution < -0.4 is 15.0 Å². The summed E-state index contributed by atoms with van der Waals surface area (Å²) in [5, 5.41) is 13.5. The number of nitro benzene ring substituents is 1. The normalized spacial score (nSPS) is 13.7. The molecule has 0 unspecified atom stereocenters. The summed E-state index contributed by atoms with van der Waals surface area (Å²) in [7, 11) is 2.98. The van der Waals surface area contributed by atoms with Gasteiger partial charge in [-0.2, -0.15) is 0 Å². The van der Waals surface area contributed by atoms with Gasteiger partial charge in [0.05, 0.1) is 18.6 Å². The summed E-state index contributed by atoms with van der Waals surface area (Å²) in [6, 6.07) is 13.1. The van der Waals surface area contributed by atoms with Gasteiger partial charge in [0, 0.05) is 56.0 Å². The number of anilines is 1. The Balaban J connectivity index is 1.43. The molecule has 0 radical (unpaired) electrons. The maximum atomic E-state index is 13.9. The van der Waals surface area contributed by atoms with Crippen molar-refractivity contribution in [1.29, 1.82) is 0 Å². The van der Waals surface area contributed by atoms with Crippen molar-refractivity contribution in [3.8, 4) is 5.75 Å². The Kier molecular flexibility index (Phi) is 9.83. The highest BCUT2D eigenvalue weighted by atomic mass is 19.1. The molecular formula is C30H29F2N5O7. The maximum absolute atomic E-state index is 13.9. The van der Waals surface area contributed by atoms with Crippen molar-refractivity contribution in [1.82, 2.24) is 15.1 Å². The van der Waals surface area contributed by atoms with E-state index < -0.39 is 52.8 Å². The first-order chi connectivity index (χ1) is 20.9. The number of nitrogens with one attached hydrogen (secondary N) is 1. The number of carbonyl (C=O) groups excluding carboxylic acids is 4. The van der Waals surface area contributed by atoms with Crippen LogP contribution in [-0.4, -0.2) is 84.7 Å². The molecule has 12 nitrogen and oxygen atoms in total. The van der Waals surface area contributed by atoms with Crippen molar-refractivity contribution in [3.63, 3.8) is 0 Å². The SMILES string of the molecule is COc1ccc(N(C)C(=O)[C@H](Cc2cc(F)cc(F)c2)NC(=O)CN2CCN(C(=O)c3ccc([N+](=O)[O-])cc3)CC2=O)cc1. The highest BCUT2D eigenvalue weighted by Gasteiger charge is 2.31. The number of likely N-dealkylation sites (N-methyl/N-ethyl adjacent to an activating group) is 1. The van der Waals surface area contributed by atoms with E-state index in [2.05, 4.69) is 5.32 Å². The number of rotatable bonds is 10. The highest BCUT2D eigenvalue weighted by molar-refractivity contribution is 6.00. The number of benzene rings is 3. The minimum Gasteiger partial charge on any atom is -0.497 e. The number of non-ortho nitro benzene ring substituents is 1. The van der Waals surface area contributed by atoms with E-state index in [1.54, 1.807) is 24.3 Å². The standard InChI is InChI=1S/C30H29F2N5O7/c1-34(23-7-9-25(44-2)10-8-23)30(41)26(15-19-13-21(31)16-22(32)14-19)33-27(38)17-35-11-12-36(18-28(35)39)29(40)20-3-5-24(6-4-20)37(42)43/h3-10,13-14,16,26H,11-12,15,17-18H2,1-2H3,(H,33,38)/t26-/m0/s1. The van der Waals surface area contributed by atoms with Crippen LogP contribution in [-0.2, 0) is 20.8 Å². The van der Waals surface area contributed by atoms with E-state index in [4.69, 9.17) is 4.74 Å². The van der Waals surface area contributed by atoms with Gasteiger partial charge in [-0.15, -0.1) is 0 Å². The van der Waals surface area contributed by atoms with Crippen molar-refractivity contribution < 1.29 is 37.6 Å². The number of nitrogens with zero attached hydrogens (tertiary/aromatic N) is 4. The average molecular weight is 610 g/mol. The molecule has 0 spiro atoms. The zero-order chi connectivity index (χ0) is 32.0. The molecule has 14 heteroatoms. The minimum absolute atomic E-state index is 0.0183. The zero-order valence-electron chi connectivity index (χ0n) is 23.9. The zero-order valence-corrected chi connectivity index (χ0v) is 23.9. The number of methoxy groups -OCH3 is 1. The molecule has 0 bridgehead atoms. The number of nitro groups is 1. The molecule has 44 heavy (non-hydrogen) atoms. The molecule has 1 fully saturated rings. The predicted octanol–water partition coefficient (Wildman–Crippen LogP) is 2.56. The Hall–Kier alpha value is -5.40. The third-order valence-electron chi connectivity index (χ3n) is 7.05. The number of halogens is 2. The van der Waals surface area contributed by atoms with Crippen LogP contribution in [0.4, 0.5) is 20.2 Å². The second-order valence-electron chi connectivity index (χ2n) is 10.0. The first-order valence-electron chi connectivity index (χ1n) is 13.4. The van der Waals surface area contributed by atoms with Crippen molar-refractivity contribution in [2.45, 2.75) is 12.5 Å². The van der Waals surface area contributed by atoms with Gasteiger partial charge in [-0.25, -0.2) is 8.78 Å². The molecule has 3 aromatic rings. The summed E-state index contributed by atoms with van der Waals surface area (Å²) in [6.45, 7) is -0.634. The summed E-state index contributed by atoms with van der Waals surface area (Å²) >= 11 is 0. The number of hydrogen-bond acceptors (Lipinski definition) is 7. The van der Waals surface area contributed by atoms with Gasteiger partial charge in [0.15, 0.2) is 0 Å². The molecule has 0 aliphatic carbocycles. The van der Waals surface area contributed by atoms with E-state index >= 15 is 0 Å². The summed E-state index contributed by atoms with van der Waals surface area (Å²) in [5.74, 6) is -3.39. The van der Waals surface area contributed by atoms with Crippen LogP contribution in [0.3, 0.4) is 0 Å². The molecule has 4 rings (SSSR count). The lowest BCUT2D eigenvalue weighted by atomic mass is 10.0. The van der Waals surface area contributed by atoms with Gasteiger partial charge in [0.25, 0.3) is 11.6 Å². The number of carbonyl (C=O) groups is 4. The molecule has 4 amide bonds. The Morgan fingerprint density at radius 3 is 2.23 bits per heavy atom. The largest absolute Gasteiger partial charge is 0.497 e. The number of amides is 4. The van der Waals surface area contributed by atoms with Crippen LogP contribution >= 0.6 is 0 Å². The second kappa shape index (κ2) is 13.7. The van der Waals surface area contributed by atoms with E-state index in [9.17, 15) is 38.1 Å². The molecule has 0 saturated carbocycles. The van der Waals surface area contributed by atoms with Crippen molar-refractivity contribution in [2.24, 2.45) is 0 Å². The van der Waals surface area contributed by atoms with Crippen molar-refractivity contribution in [3.05, 3.63) is 99.6 Å². The topological polar surface area (TPSA) is 142 Å². The van der Waals surface area contributed by atoms with Gasteiger partial charge in [-0.1, -0.05) is 0 Å². The van der Waals surface area contributed by atoms with Crippen LogP contribution in [0.5, 0.6) is 5.75 Å². The summed E-state index contributed by atoms with van der Waals surface area (Å²) in [5.41, 5.74) is 0.608. The van der Waals surface area contributed by atoms with E-state index in [1.165, 1.54) is 53.1 Å². The smallest absolute Gasteiger partial charge is 0.269 e. The highest BCUT2D eigenvalue weighted by Crippen LogP contribution is 2.20. The molecule has 1 saturated heterocycles. The molecule has 1 aliphatic heterocycles. The summed E-state index contributed by atoms with van der Waals surface area (Å²) in [4.78, 5) is 66.3. The van der Waals surface area contributed by atoms with Crippen molar-refractivity contribution >= 4 is 35.0 Å². The third-order valence-corrected chi connectivity index (χ3v) is 7.05. The molecular weight excluding hydrogens is 580 g/mol. The van der Waals surface area contributed by atoms with Gasteiger partial charge < -0.3 is 24.8 Å². The van der Waals surface area contributed by atoms with Crippen LogP contribution in [0.1, 0.15) is 15.9 Å². The summed E-state index contributed by atoms with van der Waals surface area (Å²) < 4.78 is 32.9. The number of hydrogen-bond donors (Lipinski definition) is 1. The Morgan fingerprint density at radius 1 is 1.02 bits per heavy atom. The van der Waals surface area contributed by atoms with Gasteiger partial charge >= 0.3 is 0 Å². The van der Waals surface area contributed by atoms with E-state index in [1.807, 2.05) is 0 Å². The first-order valence-corrected chi connectivity index (χ1v) is 13.4. The van der Waals surface area contributed by atoms with Gasteiger partial charge in [0.2, 0.25) is 17.7 Å². The molecule has 1 N–H and O–H groups in total. The quantitative estimate of drug-likeness (QED) is 0.275. The predicted molar refractivity (Wildman–Crippen MR) is 154 cm³/mol. The fourth-order valence-electron chi connectivity index (χ4n) is 4.70. The van der Waals surface area contributed by atoms with E-state index in [0.29, 0.717) is 17.5 Å². The Labute approximate surface area is 250 Å². The lowest BCUT2D eigenvalue weighted by Crippen LogP contribution is -2.56. The number of piperazine rings is 1. The van der Waals surface area contributed by atoms with Gasteiger partial charge in [-0.3, -0.25) is 29.3 Å². The molecule has 230 valence electrons. The minimum atomic E-state index is -1.24. The molecule has 1 aliphatic rings. The van der Waals surface area contributed by atoms with Crippen molar-refractivity contribution in [2.75, 3.05) is 45.2 Å². The fraction of sp³-hybridized carbons (Fsp3) is 0.267. The van der Waals surface area contributed by atoms with E-state index in [-0.39, 0.29) is 42.9 Å². The second-order valence-corrected chi connectivity index (χ2v) is 10.0. The third kappa shape index (κ3) is 7.70. The molecule has 0 aromatic heterocycles. The van der Waals surface area contributed by atoms with Crippen LogP contribution in [0.2, 0.25) is 0 Å². The number of ether oxygens (including phenoxy) is 1. The average Bonchev–Trinajstić information content (AvgIpc) is 3.00. The lowest BCUT2D eigenvalue weighted by Gasteiger charge is -2.34. The van der Waals surface area contributed by atoms with Crippen LogP contribution in [0, 0.1) is 21.7 Å². The fourth-order valence-corrected chi connectivity index (χ4v) is 4.70. The van der Waals surface area contributed by atoms with Crippen LogP contribution in [0.15, 0.2) is 66.7 Å². The molecule has 3 aromatic carbocycles. The van der Waals surface area contributed by atoms with E-state index in [0.717, 1.165) is 12.1 Å². The van der Waals surface area contributed by atoms with Gasteiger partial charge in [-0.05, 0) is 54.1 Å². The first kappa shape index (κ1) is 31.5. The lowest BCUT2D eigenvalue weighted by molar-refractivity contribution is -0.384. The maximum Gasteiger partial charge on any atom is 0.269 e. The van der Waals surface area contributed by atoms with Crippen LogP contribution in [0.25, 0.3) is 0 Å².